The van der Waals surface area contributed by atoms with Crippen LogP contribution in [0, 0.1) is 5.92 Å². The Morgan fingerprint density at radius 2 is 2.00 bits per heavy atom. The smallest absolute Gasteiger partial charge is 0.246 e. The van der Waals surface area contributed by atoms with Crippen LogP contribution in [0.1, 0.15) is 18.4 Å². The first-order valence-electron chi connectivity index (χ1n) is 8.69. The molecule has 3 rings (SSSR count). The van der Waals surface area contributed by atoms with Crippen LogP contribution in [0.25, 0.3) is 17.0 Å². The molecule has 1 aliphatic rings. The molecule has 25 heavy (non-hydrogen) atoms. The van der Waals surface area contributed by atoms with Gasteiger partial charge in [0.1, 0.15) is 0 Å². The minimum atomic E-state index is -0.0846. The molecule has 132 valence electrons. The second-order valence-electron chi connectivity index (χ2n) is 6.90. The van der Waals surface area contributed by atoms with Crippen LogP contribution in [0.5, 0.6) is 0 Å². The Morgan fingerprint density at radius 3 is 2.76 bits per heavy atom. The molecule has 1 aromatic carbocycles. The second kappa shape index (κ2) is 7.13. The zero-order valence-corrected chi connectivity index (χ0v) is 15.1. The molecule has 2 amide bonds. The first-order valence-corrected chi connectivity index (χ1v) is 8.69. The van der Waals surface area contributed by atoms with Crippen molar-refractivity contribution in [1.29, 1.82) is 0 Å². The SMILES string of the molecule is CN(C)C(=O)[C@H]1CCCN(C(=O)/C=C\c2cn(C)c3ccccc23)C1. The third-order valence-corrected chi connectivity index (χ3v) is 4.86. The first-order chi connectivity index (χ1) is 12.0. The van der Waals surface area contributed by atoms with Crippen molar-refractivity contribution < 1.29 is 9.59 Å². The van der Waals surface area contributed by atoms with Crippen LogP contribution >= 0.6 is 0 Å². The molecule has 0 spiro atoms. The van der Waals surface area contributed by atoms with E-state index in [2.05, 4.69) is 16.7 Å². The van der Waals surface area contributed by atoms with E-state index in [-0.39, 0.29) is 17.7 Å². The number of amides is 2. The summed E-state index contributed by atoms with van der Waals surface area (Å²) in [4.78, 5) is 28.1. The van der Waals surface area contributed by atoms with E-state index in [4.69, 9.17) is 0 Å². The monoisotopic (exact) mass is 339 g/mol. The predicted octanol–water partition coefficient (Wildman–Crippen LogP) is 2.52. The maximum atomic E-state index is 12.6. The van der Waals surface area contributed by atoms with Gasteiger partial charge in [0.2, 0.25) is 11.8 Å². The highest BCUT2D eigenvalue weighted by molar-refractivity contribution is 5.96. The van der Waals surface area contributed by atoms with Crippen molar-refractivity contribution in [2.24, 2.45) is 13.0 Å². The standard InChI is InChI=1S/C20H25N3O2/c1-21(2)20(25)16-7-6-12-23(14-16)19(24)11-10-15-13-22(3)18-9-5-4-8-17(15)18/h4-5,8-11,13,16H,6-7,12,14H2,1-3H3/b11-10-/t16-/m0/s1. The third-order valence-electron chi connectivity index (χ3n) is 4.86. The van der Waals surface area contributed by atoms with Gasteiger partial charge in [-0.3, -0.25) is 9.59 Å². The fraction of sp³-hybridized carbons (Fsp3) is 0.400. The van der Waals surface area contributed by atoms with Crippen LogP contribution in [0.15, 0.2) is 36.5 Å². The van der Waals surface area contributed by atoms with Gasteiger partial charge < -0.3 is 14.4 Å². The Labute approximate surface area is 148 Å². The van der Waals surface area contributed by atoms with E-state index < -0.39 is 0 Å². The molecule has 0 N–H and O–H groups in total. The molecular weight excluding hydrogens is 314 g/mol. The lowest BCUT2D eigenvalue weighted by Crippen LogP contribution is -2.44. The van der Waals surface area contributed by atoms with E-state index in [1.165, 1.54) is 0 Å². The van der Waals surface area contributed by atoms with Crippen LogP contribution in [-0.2, 0) is 16.6 Å². The number of benzene rings is 1. The molecular formula is C20H25N3O2. The summed E-state index contributed by atoms with van der Waals surface area (Å²) in [6.45, 7) is 1.23. The third kappa shape index (κ3) is 3.60. The molecule has 0 radical (unpaired) electrons. The summed E-state index contributed by atoms with van der Waals surface area (Å²) in [5.41, 5.74) is 2.17. The molecule has 1 atom stereocenters. The summed E-state index contributed by atoms with van der Waals surface area (Å²) in [7, 11) is 5.54. The lowest BCUT2D eigenvalue weighted by atomic mass is 9.96. The van der Waals surface area contributed by atoms with Crippen molar-refractivity contribution >= 4 is 28.8 Å². The molecule has 0 saturated carbocycles. The van der Waals surface area contributed by atoms with Crippen molar-refractivity contribution in [2.75, 3.05) is 27.2 Å². The maximum absolute atomic E-state index is 12.6. The molecule has 1 aliphatic heterocycles. The van der Waals surface area contributed by atoms with Gasteiger partial charge in [-0.15, -0.1) is 0 Å². The highest BCUT2D eigenvalue weighted by atomic mass is 16.2. The van der Waals surface area contributed by atoms with Crippen molar-refractivity contribution in [1.82, 2.24) is 14.4 Å². The van der Waals surface area contributed by atoms with Gasteiger partial charge in [0, 0.05) is 63.0 Å². The Hall–Kier alpha value is -2.56. The normalized spacial score (nSPS) is 18.0. The largest absolute Gasteiger partial charge is 0.350 e. The molecule has 0 aliphatic carbocycles. The van der Waals surface area contributed by atoms with E-state index in [1.807, 2.05) is 31.5 Å². The predicted molar refractivity (Wildman–Crippen MR) is 100.0 cm³/mol. The number of hydrogen-bond acceptors (Lipinski definition) is 2. The average Bonchev–Trinajstić information content (AvgIpc) is 2.95. The van der Waals surface area contributed by atoms with E-state index in [0.29, 0.717) is 6.54 Å². The lowest BCUT2D eigenvalue weighted by Gasteiger charge is -2.32. The number of piperidine rings is 1. The summed E-state index contributed by atoms with van der Waals surface area (Å²) in [6.07, 6.45) is 7.27. The summed E-state index contributed by atoms with van der Waals surface area (Å²) < 4.78 is 2.06. The van der Waals surface area contributed by atoms with Crippen LogP contribution in [0.3, 0.4) is 0 Å². The molecule has 0 bridgehead atoms. The van der Waals surface area contributed by atoms with E-state index >= 15 is 0 Å². The number of aromatic nitrogens is 1. The zero-order valence-electron chi connectivity index (χ0n) is 15.1. The molecule has 2 aromatic rings. The van der Waals surface area contributed by atoms with Crippen molar-refractivity contribution in [3.05, 3.63) is 42.1 Å². The lowest BCUT2D eigenvalue weighted by molar-refractivity contribution is -0.137. The number of likely N-dealkylation sites (tertiary alicyclic amines) is 1. The van der Waals surface area contributed by atoms with Gasteiger partial charge in [-0.1, -0.05) is 18.2 Å². The van der Waals surface area contributed by atoms with Crippen molar-refractivity contribution in [3.8, 4) is 0 Å². The van der Waals surface area contributed by atoms with Gasteiger partial charge in [-0.2, -0.15) is 0 Å². The molecule has 1 aromatic heterocycles. The molecule has 1 fully saturated rings. The average molecular weight is 339 g/mol. The number of carbonyl (C=O) groups is 2. The van der Waals surface area contributed by atoms with Gasteiger partial charge in [0.25, 0.3) is 0 Å². The fourth-order valence-corrected chi connectivity index (χ4v) is 3.52. The van der Waals surface area contributed by atoms with Gasteiger partial charge >= 0.3 is 0 Å². The topological polar surface area (TPSA) is 45.6 Å². The van der Waals surface area contributed by atoms with Crippen LogP contribution in [0.4, 0.5) is 0 Å². The summed E-state index contributed by atoms with van der Waals surface area (Å²) in [5.74, 6) is -0.00150. The summed E-state index contributed by atoms with van der Waals surface area (Å²) in [6, 6.07) is 8.14. The summed E-state index contributed by atoms with van der Waals surface area (Å²) >= 11 is 0. The molecule has 5 nitrogen and oxygen atoms in total. The van der Waals surface area contributed by atoms with Crippen LogP contribution < -0.4 is 0 Å². The van der Waals surface area contributed by atoms with Gasteiger partial charge in [0.05, 0.1) is 5.92 Å². The molecule has 2 heterocycles. The van der Waals surface area contributed by atoms with E-state index in [9.17, 15) is 9.59 Å². The number of nitrogens with zero attached hydrogens (tertiary/aromatic N) is 3. The Morgan fingerprint density at radius 1 is 1.24 bits per heavy atom. The molecule has 5 heteroatoms. The Bertz CT molecular complexity index is 819. The Kier molecular flexibility index (Phi) is 4.93. The van der Waals surface area contributed by atoms with Gasteiger partial charge in [-0.05, 0) is 25.0 Å². The maximum Gasteiger partial charge on any atom is 0.246 e. The van der Waals surface area contributed by atoms with Crippen molar-refractivity contribution in [3.63, 3.8) is 0 Å². The number of para-hydroxylation sites is 1. The highest BCUT2D eigenvalue weighted by Crippen LogP contribution is 2.22. The number of rotatable bonds is 3. The highest BCUT2D eigenvalue weighted by Gasteiger charge is 2.28. The van der Waals surface area contributed by atoms with Crippen LogP contribution in [0.2, 0.25) is 0 Å². The number of hydrogen-bond donors (Lipinski definition) is 0. The Balaban J connectivity index is 1.73. The van der Waals surface area contributed by atoms with Crippen LogP contribution in [-0.4, -0.2) is 53.4 Å². The first kappa shape index (κ1) is 17.3. The number of carbonyl (C=O) groups excluding carboxylic acids is 2. The molecule has 1 saturated heterocycles. The van der Waals surface area contributed by atoms with E-state index in [0.717, 1.165) is 35.9 Å². The minimum absolute atomic E-state index is 0.0239. The van der Waals surface area contributed by atoms with E-state index in [1.54, 1.807) is 30.0 Å². The van der Waals surface area contributed by atoms with Gasteiger partial charge in [0.15, 0.2) is 0 Å². The minimum Gasteiger partial charge on any atom is -0.350 e. The number of fused-ring (bicyclic) bond motifs is 1. The zero-order chi connectivity index (χ0) is 18.0. The molecule has 0 unspecified atom stereocenters. The second-order valence-corrected chi connectivity index (χ2v) is 6.90. The van der Waals surface area contributed by atoms with Crippen molar-refractivity contribution in [2.45, 2.75) is 12.8 Å². The summed E-state index contributed by atoms with van der Waals surface area (Å²) in [5, 5.41) is 1.13. The van der Waals surface area contributed by atoms with Gasteiger partial charge in [-0.25, -0.2) is 0 Å². The fourth-order valence-electron chi connectivity index (χ4n) is 3.52. The number of aryl methyl sites for hydroxylation is 1. The quantitative estimate of drug-likeness (QED) is 0.807.